The van der Waals surface area contributed by atoms with Gasteiger partial charge in [0.15, 0.2) is 0 Å². The van der Waals surface area contributed by atoms with Crippen molar-refractivity contribution < 1.29 is 28.6 Å². The SMILES string of the molecule is CC(C)(C)OC(=O)ON1C2CCC1C(OCc1ccc3ccccc3c1)C(c1ccc(COCCOCc3ccccc3)cc1)C2. The number of benzene rings is 4. The zero-order valence-electron chi connectivity index (χ0n) is 27.1. The lowest BCUT2D eigenvalue weighted by molar-refractivity contribution is -0.215. The van der Waals surface area contributed by atoms with Gasteiger partial charge in [-0.15, -0.1) is 5.06 Å². The number of hydrogen-bond acceptors (Lipinski definition) is 7. The van der Waals surface area contributed by atoms with Gasteiger partial charge in [0, 0.05) is 12.0 Å². The largest absolute Gasteiger partial charge is 0.528 e. The van der Waals surface area contributed by atoms with E-state index in [4.69, 9.17) is 23.8 Å². The van der Waals surface area contributed by atoms with Crippen molar-refractivity contribution in [2.24, 2.45) is 0 Å². The van der Waals surface area contributed by atoms with Crippen LogP contribution in [0.3, 0.4) is 0 Å². The van der Waals surface area contributed by atoms with Gasteiger partial charge in [0.05, 0.1) is 45.2 Å². The van der Waals surface area contributed by atoms with E-state index in [-0.39, 0.29) is 24.1 Å². The van der Waals surface area contributed by atoms with Gasteiger partial charge in [0.1, 0.15) is 5.60 Å². The summed E-state index contributed by atoms with van der Waals surface area (Å²) in [5.74, 6) is 0.165. The number of rotatable bonds is 12. The van der Waals surface area contributed by atoms with Crippen LogP contribution in [0.1, 0.15) is 68.2 Å². The van der Waals surface area contributed by atoms with E-state index in [0.29, 0.717) is 33.0 Å². The second-order valence-electron chi connectivity index (χ2n) is 13.3. The Bertz CT molecular complexity index is 1570. The molecular weight excluding hydrogens is 578 g/mol. The Kier molecular flexibility index (Phi) is 10.3. The Morgan fingerprint density at radius 1 is 0.739 bits per heavy atom. The molecule has 0 aromatic heterocycles. The number of piperidine rings is 1. The normalized spacial score (nSPS) is 21.4. The van der Waals surface area contributed by atoms with Crippen molar-refractivity contribution in [2.45, 2.75) is 89.6 Å². The molecule has 4 aromatic rings. The van der Waals surface area contributed by atoms with E-state index in [1.165, 1.54) is 16.3 Å². The lowest BCUT2D eigenvalue weighted by atomic mass is 9.83. The van der Waals surface area contributed by atoms with Crippen molar-refractivity contribution in [3.05, 3.63) is 119 Å². The van der Waals surface area contributed by atoms with Crippen LogP contribution in [-0.2, 0) is 43.6 Å². The first-order valence-corrected chi connectivity index (χ1v) is 16.4. The lowest BCUT2D eigenvalue weighted by Gasteiger charge is -2.43. The Morgan fingerprint density at radius 3 is 2.11 bits per heavy atom. The van der Waals surface area contributed by atoms with Crippen molar-refractivity contribution in [3.63, 3.8) is 0 Å². The summed E-state index contributed by atoms with van der Waals surface area (Å²) in [6.45, 7) is 8.23. The summed E-state index contributed by atoms with van der Waals surface area (Å²) in [5, 5.41) is 4.26. The molecule has 2 aliphatic heterocycles. The van der Waals surface area contributed by atoms with Crippen LogP contribution in [0.15, 0.2) is 97.1 Å². The number of hydroxylamine groups is 2. The highest BCUT2D eigenvalue weighted by molar-refractivity contribution is 5.82. The molecule has 4 atom stereocenters. The quantitative estimate of drug-likeness (QED) is 0.116. The molecule has 0 spiro atoms. The standard InChI is InChI=1S/C39H45NO6/c1-39(2,3)45-38(41)46-40-34-19-20-36(40)37(44-27-30-15-16-31-11-7-8-12-33(31)23-30)35(24-34)32-17-13-29(14-18-32)26-43-22-21-42-25-28-9-5-4-6-10-28/h4-18,23,34-37H,19-22,24-27H2,1-3H3. The minimum atomic E-state index is -0.661. The summed E-state index contributed by atoms with van der Waals surface area (Å²) in [7, 11) is 0. The van der Waals surface area contributed by atoms with Gasteiger partial charge in [-0.2, -0.15) is 0 Å². The first-order valence-electron chi connectivity index (χ1n) is 16.4. The second kappa shape index (κ2) is 14.8. The van der Waals surface area contributed by atoms with Crippen molar-refractivity contribution in [3.8, 4) is 0 Å². The van der Waals surface area contributed by atoms with E-state index in [0.717, 1.165) is 36.0 Å². The summed E-state index contributed by atoms with van der Waals surface area (Å²) in [4.78, 5) is 18.6. The molecule has 6 rings (SSSR count). The van der Waals surface area contributed by atoms with Gasteiger partial charge in [-0.1, -0.05) is 91.0 Å². The molecular formula is C39H45NO6. The van der Waals surface area contributed by atoms with Crippen LogP contribution in [0.5, 0.6) is 0 Å². The van der Waals surface area contributed by atoms with Crippen LogP contribution in [0.2, 0.25) is 0 Å². The summed E-state index contributed by atoms with van der Waals surface area (Å²) in [5.41, 5.74) is 4.01. The molecule has 2 fully saturated rings. The second-order valence-corrected chi connectivity index (χ2v) is 13.3. The molecule has 2 aliphatic rings. The highest BCUT2D eigenvalue weighted by Gasteiger charge is 2.51. The summed E-state index contributed by atoms with van der Waals surface area (Å²) in [6.07, 6.45) is 1.85. The third-order valence-corrected chi connectivity index (χ3v) is 8.77. The highest BCUT2D eigenvalue weighted by Crippen LogP contribution is 2.45. The van der Waals surface area contributed by atoms with Gasteiger partial charge in [-0.3, -0.25) is 0 Å². The minimum Gasteiger partial charge on any atom is -0.427 e. The fourth-order valence-corrected chi connectivity index (χ4v) is 6.62. The molecule has 2 saturated heterocycles. The van der Waals surface area contributed by atoms with Crippen LogP contribution in [0.4, 0.5) is 4.79 Å². The first-order chi connectivity index (χ1) is 22.3. The van der Waals surface area contributed by atoms with Gasteiger partial charge >= 0.3 is 6.16 Å². The molecule has 0 saturated carbocycles. The van der Waals surface area contributed by atoms with Gasteiger partial charge in [-0.25, -0.2) is 4.79 Å². The average molecular weight is 624 g/mol. The van der Waals surface area contributed by atoms with Gasteiger partial charge in [0.2, 0.25) is 0 Å². The van der Waals surface area contributed by atoms with Crippen LogP contribution in [-0.4, -0.2) is 48.2 Å². The molecule has 4 unspecified atom stereocenters. The predicted octanol–water partition coefficient (Wildman–Crippen LogP) is 8.35. The average Bonchev–Trinajstić information content (AvgIpc) is 3.32. The molecule has 0 amide bonds. The van der Waals surface area contributed by atoms with Gasteiger partial charge in [-0.05, 0) is 79.1 Å². The topological polar surface area (TPSA) is 66.5 Å². The molecule has 2 heterocycles. The number of carbonyl (C=O) groups is 1. The van der Waals surface area contributed by atoms with E-state index in [9.17, 15) is 4.79 Å². The van der Waals surface area contributed by atoms with E-state index in [1.807, 2.05) is 44.0 Å². The van der Waals surface area contributed by atoms with E-state index < -0.39 is 11.8 Å². The zero-order chi connectivity index (χ0) is 31.9. The molecule has 7 nitrogen and oxygen atoms in total. The Labute approximate surface area is 272 Å². The zero-order valence-corrected chi connectivity index (χ0v) is 27.1. The fourth-order valence-electron chi connectivity index (χ4n) is 6.62. The van der Waals surface area contributed by atoms with Crippen LogP contribution >= 0.6 is 0 Å². The van der Waals surface area contributed by atoms with E-state index in [2.05, 4.69) is 78.9 Å². The Hall–Kier alpha value is -3.75. The molecule has 46 heavy (non-hydrogen) atoms. The molecule has 7 heteroatoms. The van der Waals surface area contributed by atoms with Crippen LogP contribution in [0.25, 0.3) is 10.8 Å². The van der Waals surface area contributed by atoms with Gasteiger partial charge < -0.3 is 23.8 Å². The van der Waals surface area contributed by atoms with E-state index >= 15 is 0 Å². The molecule has 2 bridgehead atoms. The maximum absolute atomic E-state index is 12.7. The van der Waals surface area contributed by atoms with Crippen molar-refractivity contribution in [1.29, 1.82) is 0 Å². The number of ether oxygens (including phenoxy) is 4. The summed E-state index contributed by atoms with van der Waals surface area (Å²) >= 11 is 0. The predicted molar refractivity (Wildman–Crippen MR) is 178 cm³/mol. The number of nitrogens with zero attached hydrogens (tertiary/aromatic N) is 1. The molecule has 242 valence electrons. The maximum atomic E-state index is 12.7. The summed E-state index contributed by atoms with van der Waals surface area (Å²) < 4.78 is 23.9. The molecule has 4 aromatic carbocycles. The lowest BCUT2D eigenvalue weighted by Crippen LogP contribution is -2.52. The fraction of sp³-hybridized carbons (Fsp3) is 0.410. The third-order valence-electron chi connectivity index (χ3n) is 8.77. The molecule has 0 radical (unpaired) electrons. The monoisotopic (exact) mass is 623 g/mol. The van der Waals surface area contributed by atoms with Crippen molar-refractivity contribution in [2.75, 3.05) is 13.2 Å². The number of hydrogen-bond donors (Lipinski definition) is 0. The smallest absolute Gasteiger partial charge is 0.427 e. The minimum absolute atomic E-state index is 0.0596. The molecule has 0 aliphatic carbocycles. The van der Waals surface area contributed by atoms with E-state index in [1.54, 1.807) is 0 Å². The third kappa shape index (κ3) is 8.34. The Balaban J connectivity index is 1.10. The highest BCUT2D eigenvalue weighted by atomic mass is 16.8. The number of carbonyl (C=O) groups excluding carboxylic acids is 1. The van der Waals surface area contributed by atoms with Gasteiger partial charge in [0.25, 0.3) is 0 Å². The summed E-state index contributed by atoms with van der Waals surface area (Å²) in [6, 6.07) is 33.7. The molecule has 0 N–H and O–H groups in total. The maximum Gasteiger partial charge on any atom is 0.528 e. The number of fused-ring (bicyclic) bond motifs is 3. The Morgan fingerprint density at radius 2 is 1.39 bits per heavy atom. The van der Waals surface area contributed by atoms with Crippen LogP contribution in [0, 0.1) is 0 Å². The first kappa shape index (κ1) is 32.2. The van der Waals surface area contributed by atoms with Crippen LogP contribution < -0.4 is 0 Å². The van der Waals surface area contributed by atoms with Crippen molar-refractivity contribution >= 4 is 16.9 Å². The van der Waals surface area contributed by atoms with Crippen molar-refractivity contribution in [1.82, 2.24) is 5.06 Å².